The fourth-order valence-corrected chi connectivity index (χ4v) is 3.72. The first kappa shape index (κ1) is 18.0. The lowest BCUT2D eigenvalue weighted by atomic mass is 9.73. The van der Waals surface area contributed by atoms with Crippen LogP contribution in [0.15, 0.2) is 48.7 Å². The molecule has 1 aliphatic rings. The zero-order valence-electron chi connectivity index (χ0n) is 15.0. The number of alkyl halides is 2. The molecule has 4 N–H and O–H groups in total. The molecule has 142 valence electrons. The van der Waals surface area contributed by atoms with Gasteiger partial charge in [-0.25, -0.2) is 13.5 Å². The van der Waals surface area contributed by atoms with Crippen molar-refractivity contribution >= 4 is 10.9 Å². The van der Waals surface area contributed by atoms with E-state index in [0.29, 0.717) is 23.2 Å². The molecule has 2 aromatic carbocycles. The molecule has 0 aliphatic carbocycles. The highest BCUT2D eigenvalue weighted by atomic mass is 19.3. The van der Waals surface area contributed by atoms with Crippen molar-refractivity contribution in [2.75, 3.05) is 13.1 Å². The highest BCUT2D eigenvalue weighted by molar-refractivity contribution is 5.82. The Hall–Kier alpha value is -2.35. The van der Waals surface area contributed by atoms with Gasteiger partial charge in [-0.15, -0.1) is 0 Å². The average molecular weight is 372 g/mol. The Bertz CT molecular complexity index is 968. The van der Waals surface area contributed by atoms with Gasteiger partial charge in [-0.3, -0.25) is 0 Å². The molecule has 1 unspecified atom stereocenters. The molecule has 2 atom stereocenters. The Kier molecular flexibility index (Phi) is 4.25. The van der Waals surface area contributed by atoms with Gasteiger partial charge in [0.2, 0.25) is 0 Å². The highest BCUT2D eigenvalue weighted by Gasteiger charge is 2.52. The summed E-state index contributed by atoms with van der Waals surface area (Å²) in [4.78, 5) is 0. The summed E-state index contributed by atoms with van der Waals surface area (Å²) in [5.74, 6) is -2.76. The molecule has 0 amide bonds. The molecule has 1 aromatic heterocycles. The molecule has 2 heterocycles. The minimum absolute atomic E-state index is 0.167. The van der Waals surface area contributed by atoms with Crippen LogP contribution in [0.25, 0.3) is 16.6 Å². The summed E-state index contributed by atoms with van der Waals surface area (Å²) in [6.45, 7) is 2.17. The summed E-state index contributed by atoms with van der Waals surface area (Å²) in [5.41, 5.74) is 6.87. The van der Waals surface area contributed by atoms with Crippen LogP contribution < -0.4 is 11.1 Å². The molecule has 7 heteroatoms. The van der Waals surface area contributed by atoms with Crippen LogP contribution in [0.2, 0.25) is 0 Å². The number of rotatable bonds is 3. The van der Waals surface area contributed by atoms with Crippen molar-refractivity contribution in [3.8, 4) is 5.69 Å². The van der Waals surface area contributed by atoms with Crippen LogP contribution in [0.5, 0.6) is 0 Å². The molecular formula is C20H22F2N4O. The van der Waals surface area contributed by atoms with Gasteiger partial charge in [-0.05, 0) is 24.6 Å². The number of aromatic nitrogens is 2. The zero-order chi connectivity index (χ0) is 19.2. The summed E-state index contributed by atoms with van der Waals surface area (Å²) in [5, 5.41) is 18.1. The van der Waals surface area contributed by atoms with E-state index in [4.69, 9.17) is 5.73 Å². The number of halogens is 2. The van der Waals surface area contributed by atoms with Crippen molar-refractivity contribution in [3.63, 3.8) is 0 Å². The van der Waals surface area contributed by atoms with E-state index in [9.17, 15) is 13.9 Å². The Balaban J connectivity index is 1.71. The van der Waals surface area contributed by atoms with Gasteiger partial charge in [0.15, 0.2) is 0 Å². The van der Waals surface area contributed by atoms with Gasteiger partial charge in [0.05, 0.1) is 16.6 Å². The fraction of sp³-hybridized carbons (Fsp3) is 0.350. The standard InChI is InChI=1S/C20H22F2N4O/c1-19(12-24-10-9-20(19,21)22)14-5-7-15(8-6-14)26-11-13-3-2-4-16(18(23)27)17(13)25-26/h2-8,11,18,24,27H,9-10,12,23H2,1H3/t18?,19-/m0/s1. The van der Waals surface area contributed by atoms with Crippen molar-refractivity contribution in [1.29, 1.82) is 0 Å². The molecule has 1 saturated heterocycles. The number of nitrogens with two attached hydrogens (primary N) is 1. The van der Waals surface area contributed by atoms with Crippen LogP contribution in [0, 0.1) is 0 Å². The van der Waals surface area contributed by atoms with E-state index in [2.05, 4.69) is 10.4 Å². The molecule has 5 nitrogen and oxygen atoms in total. The second kappa shape index (κ2) is 6.37. The van der Waals surface area contributed by atoms with Crippen molar-refractivity contribution < 1.29 is 13.9 Å². The van der Waals surface area contributed by atoms with E-state index in [0.717, 1.165) is 11.1 Å². The minimum Gasteiger partial charge on any atom is -0.374 e. The predicted octanol–water partition coefficient (Wildman–Crippen LogP) is 2.86. The van der Waals surface area contributed by atoms with E-state index < -0.39 is 17.6 Å². The Labute approximate surface area is 155 Å². The third kappa shape index (κ3) is 2.92. The maximum absolute atomic E-state index is 14.5. The number of hydrogen-bond donors (Lipinski definition) is 3. The minimum atomic E-state index is -2.76. The van der Waals surface area contributed by atoms with Gasteiger partial charge in [-0.1, -0.05) is 30.3 Å². The summed E-state index contributed by atoms with van der Waals surface area (Å²) in [7, 11) is 0. The maximum Gasteiger partial charge on any atom is 0.259 e. The monoisotopic (exact) mass is 372 g/mol. The molecule has 0 radical (unpaired) electrons. The lowest BCUT2D eigenvalue weighted by Crippen LogP contribution is -2.55. The van der Waals surface area contributed by atoms with Gasteiger partial charge in [0.25, 0.3) is 5.92 Å². The normalized spacial score (nSPS) is 23.4. The second-order valence-corrected chi connectivity index (χ2v) is 7.31. The number of nitrogens with one attached hydrogen (secondary N) is 1. The smallest absolute Gasteiger partial charge is 0.259 e. The Morgan fingerprint density at radius 1 is 1.22 bits per heavy atom. The summed E-state index contributed by atoms with van der Waals surface area (Å²) in [6, 6.07) is 12.5. The fourth-order valence-electron chi connectivity index (χ4n) is 3.72. The van der Waals surface area contributed by atoms with Crippen LogP contribution >= 0.6 is 0 Å². The number of fused-ring (bicyclic) bond motifs is 1. The summed E-state index contributed by atoms with van der Waals surface area (Å²) >= 11 is 0. The van der Waals surface area contributed by atoms with Gasteiger partial charge in [0, 0.05) is 36.7 Å². The zero-order valence-corrected chi connectivity index (χ0v) is 15.0. The quantitative estimate of drug-likeness (QED) is 0.618. The highest BCUT2D eigenvalue weighted by Crippen LogP contribution is 2.43. The molecule has 0 bridgehead atoms. The lowest BCUT2D eigenvalue weighted by Gasteiger charge is -2.42. The number of aliphatic hydroxyl groups is 1. The molecule has 1 fully saturated rings. The van der Waals surface area contributed by atoms with Crippen molar-refractivity contribution in [2.45, 2.75) is 30.9 Å². The molecule has 4 rings (SSSR count). The van der Waals surface area contributed by atoms with Gasteiger partial charge in [0.1, 0.15) is 6.23 Å². The van der Waals surface area contributed by atoms with E-state index in [-0.39, 0.29) is 13.0 Å². The number of nitrogens with zero attached hydrogens (tertiary/aromatic N) is 2. The van der Waals surface area contributed by atoms with Gasteiger partial charge >= 0.3 is 0 Å². The van der Waals surface area contributed by atoms with Crippen LogP contribution in [0.4, 0.5) is 8.78 Å². The summed E-state index contributed by atoms with van der Waals surface area (Å²) in [6.07, 6.45) is 0.551. The van der Waals surface area contributed by atoms with Crippen LogP contribution in [-0.4, -0.2) is 33.9 Å². The topological polar surface area (TPSA) is 76.1 Å². The lowest BCUT2D eigenvalue weighted by molar-refractivity contribution is -0.0921. The van der Waals surface area contributed by atoms with E-state index in [1.54, 1.807) is 41.9 Å². The van der Waals surface area contributed by atoms with Crippen LogP contribution in [-0.2, 0) is 5.41 Å². The van der Waals surface area contributed by atoms with Crippen molar-refractivity contribution in [1.82, 2.24) is 15.1 Å². The van der Waals surface area contributed by atoms with Crippen molar-refractivity contribution in [3.05, 3.63) is 59.8 Å². The molecule has 1 aliphatic heterocycles. The Morgan fingerprint density at radius 3 is 2.63 bits per heavy atom. The maximum atomic E-state index is 14.5. The number of aliphatic hydroxyl groups excluding tert-OH is 1. The van der Waals surface area contributed by atoms with E-state index in [1.165, 1.54) is 0 Å². The number of benzene rings is 2. The van der Waals surface area contributed by atoms with Crippen LogP contribution in [0.1, 0.15) is 30.7 Å². The predicted molar refractivity (Wildman–Crippen MR) is 100 cm³/mol. The molecular weight excluding hydrogens is 350 g/mol. The third-order valence-electron chi connectivity index (χ3n) is 5.56. The van der Waals surface area contributed by atoms with Crippen molar-refractivity contribution in [2.24, 2.45) is 5.73 Å². The number of piperidine rings is 1. The van der Waals surface area contributed by atoms with Gasteiger partial charge < -0.3 is 16.2 Å². The second-order valence-electron chi connectivity index (χ2n) is 7.31. The van der Waals surface area contributed by atoms with E-state index >= 15 is 0 Å². The Morgan fingerprint density at radius 2 is 1.96 bits per heavy atom. The van der Waals surface area contributed by atoms with E-state index in [1.807, 2.05) is 18.3 Å². The average Bonchev–Trinajstić information content (AvgIpc) is 3.08. The molecule has 3 aromatic rings. The number of hydrogen-bond acceptors (Lipinski definition) is 4. The first-order chi connectivity index (χ1) is 12.8. The summed E-state index contributed by atoms with van der Waals surface area (Å²) < 4.78 is 30.7. The van der Waals surface area contributed by atoms with Gasteiger partial charge in [-0.2, -0.15) is 5.10 Å². The SMILES string of the molecule is C[C@@]1(c2ccc(-n3cc4cccc(C(N)O)c4n3)cc2)CNCCC1(F)F. The third-order valence-corrected chi connectivity index (χ3v) is 5.56. The molecule has 27 heavy (non-hydrogen) atoms. The molecule has 0 saturated carbocycles. The largest absolute Gasteiger partial charge is 0.374 e. The first-order valence-electron chi connectivity index (χ1n) is 8.93. The first-order valence-corrected chi connectivity index (χ1v) is 8.93. The van der Waals surface area contributed by atoms with Crippen LogP contribution in [0.3, 0.4) is 0 Å². The molecule has 0 spiro atoms.